The van der Waals surface area contributed by atoms with Gasteiger partial charge in [0.25, 0.3) is 5.91 Å². The molecule has 13 heteroatoms. The Morgan fingerprint density at radius 3 is 2.51 bits per heavy atom. The van der Waals surface area contributed by atoms with Gasteiger partial charge in [0, 0.05) is 5.56 Å². The van der Waals surface area contributed by atoms with Crippen molar-refractivity contribution in [1.82, 2.24) is 30.7 Å². The summed E-state index contributed by atoms with van der Waals surface area (Å²) in [7, 11) is 1.30. The summed E-state index contributed by atoms with van der Waals surface area (Å²) in [6.45, 7) is 2.39. The minimum absolute atomic E-state index is 0.0255. The Morgan fingerprint density at radius 1 is 1.14 bits per heavy atom. The maximum absolute atomic E-state index is 12.9. The first kappa shape index (κ1) is 23.1. The van der Waals surface area contributed by atoms with Crippen LogP contribution in [-0.4, -0.2) is 57.1 Å². The molecule has 0 bridgehead atoms. The average molecular weight is 476 g/mol. The highest BCUT2D eigenvalue weighted by Crippen LogP contribution is 2.28. The molecule has 35 heavy (non-hydrogen) atoms. The van der Waals surface area contributed by atoms with E-state index in [4.69, 9.17) is 10.5 Å². The number of nitrogens with one attached hydrogen (secondary N) is 1. The summed E-state index contributed by atoms with van der Waals surface area (Å²) in [6.07, 6.45) is 1.42. The third-order valence-electron chi connectivity index (χ3n) is 4.73. The van der Waals surface area contributed by atoms with Crippen LogP contribution < -0.4 is 15.9 Å². The molecule has 0 unspecified atom stereocenters. The minimum atomic E-state index is -0.627. The number of hydrazone groups is 1. The first-order valence-electron chi connectivity index (χ1n) is 10.3. The number of rotatable bonds is 8. The number of carbonyl (C=O) groups is 2. The highest BCUT2D eigenvalue weighted by molar-refractivity contribution is 5.99. The fourth-order valence-corrected chi connectivity index (χ4v) is 3.10. The van der Waals surface area contributed by atoms with Crippen LogP contribution in [0.4, 0.5) is 5.82 Å². The van der Waals surface area contributed by atoms with Crippen LogP contribution in [-0.2, 0) is 4.74 Å². The fraction of sp³-hybridized carbons (Fsp3) is 0.136. The second-order valence-corrected chi connectivity index (χ2v) is 6.94. The standard InChI is InChI=1S/C22H20N8O5/c1-3-34-16-10-8-14(9-11-16)18-17(25-29-30(18)20-19(23)27-35-28-20)21(31)26-24-12-13-4-6-15(7-5-13)22(32)33-2/h4-12H,3H2,1-2H3,(H2,23,27)(H,26,31). The van der Waals surface area contributed by atoms with Crippen molar-refractivity contribution in [3.05, 3.63) is 65.4 Å². The quantitative estimate of drug-likeness (QED) is 0.217. The topological polar surface area (TPSA) is 173 Å². The van der Waals surface area contributed by atoms with Gasteiger partial charge < -0.3 is 15.2 Å². The number of benzene rings is 2. The zero-order valence-corrected chi connectivity index (χ0v) is 18.7. The second kappa shape index (κ2) is 10.2. The van der Waals surface area contributed by atoms with Gasteiger partial charge in [-0.25, -0.2) is 14.8 Å². The Bertz CT molecular complexity index is 1360. The molecule has 4 rings (SSSR count). The fourth-order valence-electron chi connectivity index (χ4n) is 3.10. The maximum Gasteiger partial charge on any atom is 0.337 e. The van der Waals surface area contributed by atoms with E-state index >= 15 is 0 Å². The number of hydrogen-bond acceptors (Lipinski definition) is 11. The van der Waals surface area contributed by atoms with Gasteiger partial charge in [-0.2, -0.15) is 9.78 Å². The van der Waals surface area contributed by atoms with Gasteiger partial charge in [0.1, 0.15) is 11.4 Å². The summed E-state index contributed by atoms with van der Waals surface area (Å²) in [5, 5.41) is 19.3. The number of carbonyl (C=O) groups excluding carboxylic acids is 2. The number of hydrogen-bond donors (Lipinski definition) is 2. The third-order valence-corrected chi connectivity index (χ3v) is 4.73. The van der Waals surface area contributed by atoms with E-state index < -0.39 is 11.9 Å². The van der Waals surface area contributed by atoms with Gasteiger partial charge >= 0.3 is 5.97 Å². The van der Waals surface area contributed by atoms with Crippen molar-refractivity contribution in [1.29, 1.82) is 0 Å². The summed E-state index contributed by atoms with van der Waals surface area (Å²) in [4.78, 5) is 24.5. The highest BCUT2D eigenvalue weighted by Gasteiger charge is 2.25. The summed E-state index contributed by atoms with van der Waals surface area (Å²) >= 11 is 0. The molecule has 0 atom stereocenters. The van der Waals surface area contributed by atoms with Crippen molar-refractivity contribution >= 4 is 23.9 Å². The number of nitrogens with zero attached hydrogens (tertiary/aromatic N) is 6. The van der Waals surface area contributed by atoms with Crippen molar-refractivity contribution in [2.24, 2.45) is 5.10 Å². The number of ether oxygens (including phenoxy) is 2. The summed E-state index contributed by atoms with van der Waals surface area (Å²) in [5.41, 5.74) is 10.1. The van der Waals surface area contributed by atoms with Crippen molar-refractivity contribution in [3.8, 4) is 22.8 Å². The number of esters is 1. The van der Waals surface area contributed by atoms with Gasteiger partial charge in [0.15, 0.2) is 5.69 Å². The highest BCUT2D eigenvalue weighted by atomic mass is 16.6. The number of nitrogen functional groups attached to an aromatic ring is 1. The first-order chi connectivity index (χ1) is 17.0. The Hall–Kier alpha value is -5.07. The number of aromatic nitrogens is 5. The van der Waals surface area contributed by atoms with Crippen LogP contribution in [0.2, 0.25) is 0 Å². The van der Waals surface area contributed by atoms with Crippen LogP contribution in [0.25, 0.3) is 17.1 Å². The molecule has 178 valence electrons. The van der Waals surface area contributed by atoms with E-state index in [0.29, 0.717) is 34.7 Å². The minimum Gasteiger partial charge on any atom is -0.494 e. The van der Waals surface area contributed by atoms with Gasteiger partial charge in [-0.05, 0) is 59.2 Å². The van der Waals surface area contributed by atoms with Crippen LogP contribution in [0.15, 0.2) is 58.3 Å². The Morgan fingerprint density at radius 2 is 1.89 bits per heavy atom. The van der Waals surface area contributed by atoms with E-state index in [1.165, 1.54) is 18.0 Å². The van der Waals surface area contributed by atoms with Gasteiger partial charge in [-0.15, -0.1) is 5.10 Å². The maximum atomic E-state index is 12.9. The Labute approximate surface area is 198 Å². The smallest absolute Gasteiger partial charge is 0.337 e. The van der Waals surface area contributed by atoms with Gasteiger partial charge in [0.2, 0.25) is 11.6 Å². The molecule has 0 fully saturated rings. The zero-order valence-electron chi connectivity index (χ0n) is 18.7. The van der Waals surface area contributed by atoms with Gasteiger partial charge in [-0.1, -0.05) is 17.3 Å². The number of anilines is 1. The Kier molecular flexibility index (Phi) is 6.76. The van der Waals surface area contributed by atoms with Crippen molar-refractivity contribution in [2.45, 2.75) is 6.92 Å². The molecule has 0 saturated heterocycles. The lowest BCUT2D eigenvalue weighted by atomic mass is 10.1. The van der Waals surface area contributed by atoms with Crippen LogP contribution in [0.3, 0.4) is 0 Å². The molecule has 1 amide bonds. The normalized spacial score (nSPS) is 10.9. The summed E-state index contributed by atoms with van der Waals surface area (Å²) in [5.74, 6) is -0.365. The Balaban J connectivity index is 1.60. The zero-order chi connectivity index (χ0) is 24.8. The number of methoxy groups -OCH3 is 1. The van der Waals surface area contributed by atoms with E-state index in [1.807, 2.05) is 6.92 Å². The summed E-state index contributed by atoms with van der Waals surface area (Å²) < 4.78 is 16.1. The van der Waals surface area contributed by atoms with Gasteiger partial charge in [0.05, 0.1) is 25.5 Å². The predicted molar refractivity (Wildman–Crippen MR) is 123 cm³/mol. The molecule has 0 radical (unpaired) electrons. The largest absolute Gasteiger partial charge is 0.494 e. The molecule has 0 aliphatic rings. The molecule has 2 aromatic heterocycles. The average Bonchev–Trinajstić information content (AvgIpc) is 3.50. The molecule has 4 aromatic rings. The molecule has 0 aliphatic heterocycles. The van der Waals surface area contributed by atoms with Crippen LogP contribution in [0, 0.1) is 0 Å². The lowest BCUT2D eigenvalue weighted by Gasteiger charge is -2.07. The number of nitrogens with two attached hydrogens (primary N) is 1. The van der Waals surface area contributed by atoms with Crippen LogP contribution >= 0.6 is 0 Å². The monoisotopic (exact) mass is 476 g/mol. The molecular formula is C22H20N8O5. The van der Waals surface area contributed by atoms with Crippen molar-refractivity contribution < 1.29 is 23.7 Å². The van der Waals surface area contributed by atoms with Gasteiger partial charge in [-0.3, -0.25) is 4.79 Å². The first-order valence-corrected chi connectivity index (χ1v) is 10.3. The second-order valence-electron chi connectivity index (χ2n) is 6.94. The van der Waals surface area contributed by atoms with E-state index in [2.05, 4.69) is 40.5 Å². The van der Waals surface area contributed by atoms with Crippen molar-refractivity contribution in [3.63, 3.8) is 0 Å². The van der Waals surface area contributed by atoms with E-state index in [0.717, 1.165) is 0 Å². The molecule has 13 nitrogen and oxygen atoms in total. The lowest BCUT2D eigenvalue weighted by Crippen LogP contribution is -2.19. The van der Waals surface area contributed by atoms with Crippen molar-refractivity contribution in [2.75, 3.05) is 19.5 Å². The number of amides is 1. The molecule has 2 aromatic carbocycles. The molecule has 2 heterocycles. The SMILES string of the molecule is CCOc1ccc(-c2c(C(=O)NN=Cc3ccc(C(=O)OC)cc3)nnn2-c2nonc2N)cc1. The molecule has 0 aliphatic carbocycles. The molecular weight excluding hydrogens is 456 g/mol. The van der Waals surface area contributed by atoms with E-state index in [-0.39, 0.29) is 17.3 Å². The molecule has 0 spiro atoms. The van der Waals surface area contributed by atoms with E-state index in [1.54, 1.807) is 48.5 Å². The molecule has 0 saturated carbocycles. The predicted octanol–water partition coefficient (Wildman–Crippen LogP) is 1.85. The lowest BCUT2D eigenvalue weighted by molar-refractivity contribution is 0.0600. The summed E-state index contributed by atoms with van der Waals surface area (Å²) in [6, 6.07) is 13.5. The van der Waals surface area contributed by atoms with Crippen LogP contribution in [0.5, 0.6) is 5.75 Å². The third kappa shape index (κ3) is 4.98. The molecule has 3 N–H and O–H groups in total. The van der Waals surface area contributed by atoms with E-state index in [9.17, 15) is 9.59 Å². The van der Waals surface area contributed by atoms with Crippen LogP contribution in [0.1, 0.15) is 33.3 Å².